The highest BCUT2D eigenvalue weighted by Gasteiger charge is 2.50. The van der Waals surface area contributed by atoms with Gasteiger partial charge in [0.1, 0.15) is 5.76 Å². The standard InChI is InChI=1S/C20H32N2O3/c1-13-18(14(2)25-21-13)10-22(5)9-17(23)12-24-11-15-6-7-16-8-19(15)20(16,3)4/h6,16-17,19,23H,7-12H2,1-5H3. The zero-order valence-electron chi connectivity index (χ0n) is 16.2. The van der Waals surface area contributed by atoms with Crippen molar-refractivity contribution in [2.45, 2.75) is 53.2 Å². The fourth-order valence-electron chi connectivity index (χ4n) is 4.43. The Balaban J connectivity index is 1.40. The summed E-state index contributed by atoms with van der Waals surface area (Å²) in [5, 5.41) is 14.2. The zero-order valence-corrected chi connectivity index (χ0v) is 16.2. The molecule has 2 bridgehead atoms. The highest BCUT2D eigenvalue weighted by atomic mass is 16.5. The summed E-state index contributed by atoms with van der Waals surface area (Å²) in [6, 6.07) is 0. The Morgan fingerprint density at radius 3 is 2.80 bits per heavy atom. The van der Waals surface area contributed by atoms with Crippen molar-refractivity contribution in [2.75, 3.05) is 26.8 Å². The van der Waals surface area contributed by atoms with Crippen molar-refractivity contribution in [3.63, 3.8) is 0 Å². The van der Waals surface area contributed by atoms with Crippen LogP contribution >= 0.6 is 0 Å². The van der Waals surface area contributed by atoms with Crippen LogP contribution in [0.2, 0.25) is 0 Å². The third kappa shape index (κ3) is 3.83. The quantitative estimate of drug-likeness (QED) is 0.732. The van der Waals surface area contributed by atoms with Gasteiger partial charge in [0.05, 0.1) is 25.0 Å². The second-order valence-corrected chi connectivity index (χ2v) is 8.49. The lowest BCUT2D eigenvalue weighted by atomic mass is 9.49. The van der Waals surface area contributed by atoms with E-state index < -0.39 is 6.10 Å². The van der Waals surface area contributed by atoms with E-state index in [0.29, 0.717) is 31.1 Å². The molecule has 0 amide bonds. The predicted octanol–water partition coefficient (Wildman–Crippen LogP) is 3.09. The largest absolute Gasteiger partial charge is 0.389 e. The van der Waals surface area contributed by atoms with Crippen LogP contribution in [0, 0.1) is 31.1 Å². The summed E-state index contributed by atoms with van der Waals surface area (Å²) in [5.74, 6) is 2.37. The van der Waals surface area contributed by atoms with Crippen LogP contribution < -0.4 is 0 Å². The number of aliphatic hydroxyl groups is 1. The highest BCUT2D eigenvalue weighted by molar-refractivity contribution is 5.23. The average Bonchev–Trinajstić information content (AvgIpc) is 2.86. The molecule has 3 aliphatic rings. The molecule has 25 heavy (non-hydrogen) atoms. The number of aryl methyl sites for hydroxylation is 2. The third-order valence-electron chi connectivity index (χ3n) is 6.29. The summed E-state index contributed by atoms with van der Waals surface area (Å²) in [5.41, 5.74) is 3.88. The molecule has 4 rings (SSSR count). The van der Waals surface area contributed by atoms with Gasteiger partial charge < -0.3 is 14.4 Å². The molecule has 3 aliphatic carbocycles. The van der Waals surface area contributed by atoms with Crippen molar-refractivity contribution < 1.29 is 14.4 Å². The lowest BCUT2D eigenvalue weighted by Crippen LogP contribution is -2.48. The number of ether oxygens (including phenoxy) is 1. The molecule has 0 aromatic carbocycles. The number of hydrogen-bond donors (Lipinski definition) is 1. The van der Waals surface area contributed by atoms with Gasteiger partial charge in [-0.1, -0.05) is 25.1 Å². The van der Waals surface area contributed by atoms with Gasteiger partial charge in [0.15, 0.2) is 0 Å². The van der Waals surface area contributed by atoms with Gasteiger partial charge in [0.2, 0.25) is 0 Å². The van der Waals surface area contributed by atoms with E-state index in [-0.39, 0.29) is 0 Å². The SMILES string of the molecule is Cc1noc(C)c1CN(C)CC(O)COCC1=CCC2CC1C2(C)C. The number of aliphatic hydroxyl groups excluding tert-OH is 1. The topological polar surface area (TPSA) is 58.7 Å². The number of nitrogens with zero attached hydrogens (tertiary/aromatic N) is 2. The first-order chi connectivity index (χ1) is 11.8. The molecule has 5 heteroatoms. The summed E-state index contributed by atoms with van der Waals surface area (Å²) < 4.78 is 11.0. The molecule has 1 aromatic heterocycles. The Hall–Kier alpha value is -1.17. The van der Waals surface area contributed by atoms with E-state index >= 15 is 0 Å². The van der Waals surface area contributed by atoms with Crippen LogP contribution in [-0.4, -0.2) is 48.1 Å². The third-order valence-corrected chi connectivity index (χ3v) is 6.29. The van der Waals surface area contributed by atoms with E-state index in [2.05, 4.69) is 30.0 Å². The maximum atomic E-state index is 10.3. The van der Waals surface area contributed by atoms with Gasteiger partial charge in [-0.05, 0) is 56.6 Å². The molecule has 3 atom stereocenters. The molecule has 0 saturated heterocycles. The molecular formula is C20H32N2O3. The van der Waals surface area contributed by atoms with Crippen LogP contribution in [0.15, 0.2) is 16.2 Å². The van der Waals surface area contributed by atoms with Crippen LogP contribution in [0.25, 0.3) is 0 Å². The summed E-state index contributed by atoms with van der Waals surface area (Å²) in [4.78, 5) is 2.08. The second-order valence-electron chi connectivity index (χ2n) is 8.49. The van der Waals surface area contributed by atoms with Gasteiger partial charge in [0.25, 0.3) is 0 Å². The minimum absolute atomic E-state index is 0.375. The van der Waals surface area contributed by atoms with Crippen LogP contribution in [-0.2, 0) is 11.3 Å². The van der Waals surface area contributed by atoms with Crippen LogP contribution in [0.5, 0.6) is 0 Å². The van der Waals surface area contributed by atoms with Gasteiger partial charge in [-0.25, -0.2) is 0 Å². The van der Waals surface area contributed by atoms with Crippen LogP contribution in [0.1, 0.15) is 43.7 Å². The Morgan fingerprint density at radius 1 is 1.44 bits per heavy atom. The van der Waals surface area contributed by atoms with Crippen molar-refractivity contribution in [1.29, 1.82) is 0 Å². The van der Waals surface area contributed by atoms with Crippen molar-refractivity contribution in [2.24, 2.45) is 17.3 Å². The number of likely N-dealkylation sites (N-methyl/N-ethyl adjacent to an activating group) is 1. The molecule has 1 saturated carbocycles. The minimum Gasteiger partial charge on any atom is -0.389 e. The molecule has 140 valence electrons. The van der Waals surface area contributed by atoms with Crippen molar-refractivity contribution in [3.05, 3.63) is 28.7 Å². The number of hydrogen-bond acceptors (Lipinski definition) is 5. The van der Waals surface area contributed by atoms with E-state index in [1.807, 2.05) is 20.9 Å². The maximum Gasteiger partial charge on any atom is 0.138 e. The lowest BCUT2D eigenvalue weighted by molar-refractivity contribution is -0.0257. The van der Waals surface area contributed by atoms with E-state index in [4.69, 9.17) is 9.26 Å². The van der Waals surface area contributed by atoms with Crippen molar-refractivity contribution in [3.8, 4) is 0 Å². The fraction of sp³-hybridized carbons (Fsp3) is 0.750. The summed E-state index contributed by atoms with van der Waals surface area (Å²) >= 11 is 0. The van der Waals surface area contributed by atoms with Crippen molar-refractivity contribution in [1.82, 2.24) is 10.1 Å². The molecule has 0 radical (unpaired) electrons. The smallest absolute Gasteiger partial charge is 0.138 e. The maximum absolute atomic E-state index is 10.3. The number of fused-ring (bicyclic) bond motifs is 1. The van der Waals surface area contributed by atoms with Gasteiger partial charge in [0, 0.05) is 18.7 Å². The second kappa shape index (κ2) is 7.22. The first-order valence-electron chi connectivity index (χ1n) is 9.34. The van der Waals surface area contributed by atoms with Gasteiger partial charge in [-0.3, -0.25) is 4.90 Å². The molecule has 3 unspecified atom stereocenters. The number of rotatable bonds is 8. The lowest BCUT2D eigenvalue weighted by Gasteiger charge is -2.56. The molecule has 1 aromatic rings. The van der Waals surface area contributed by atoms with E-state index in [1.165, 1.54) is 18.4 Å². The summed E-state index contributed by atoms with van der Waals surface area (Å²) in [7, 11) is 2.00. The molecule has 5 nitrogen and oxygen atoms in total. The van der Waals surface area contributed by atoms with E-state index in [9.17, 15) is 5.11 Å². The van der Waals surface area contributed by atoms with Crippen LogP contribution in [0.4, 0.5) is 0 Å². The first kappa shape index (κ1) is 18.6. The zero-order chi connectivity index (χ0) is 18.2. The fourth-order valence-corrected chi connectivity index (χ4v) is 4.43. The molecule has 1 heterocycles. The van der Waals surface area contributed by atoms with E-state index in [0.717, 1.165) is 29.5 Å². The normalized spacial score (nSPS) is 25.6. The Kier molecular flexibility index (Phi) is 5.37. The number of allylic oxidation sites excluding steroid dienone is 1. The van der Waals surface area contributed by atoms with Gasteiger partial charge in [-0.2, -0.15) is 0 Å². The van der Waals surface area contributed by atoms with Gasteiger partial charge in [-0.15, -0.1) is 0 Å². The first-order valence-corrected chi connectivity index (χ1v) is 9.34. The van der Waals surface area contributed by atoms with Gasteiger partial charge >= 0.3 is 0 Å². The minimum atomic E-state index is -0.489. The monoisotopic (exact) mass is 348 g/mol. The van der Waals surface area contributed by atoms with E-state index in [1.54, 1.807) is 0 Å². The Labute approximate surface area is 151 Å². The summed E-state index contributed by atoms with van der Waals surface area (Å²) in [6.07, 6.45) is 4.37. The Bertz CT molecular complexity index is 615. The molecule has 1 N–H and O–H groups in total. The molecule has 1 fully saturated rings. The number of aromatic nitrogens is 1. The molecular weight excluding hydrogens is 316 g/mol. The average molecular weight is 348 g/mol. The molecule has 0 aliphatic heterocycles. The van der Waals surface area contributed by atoms with Crippen molar-refractivity contribution >= 4 is 0 Å². The Morgan fingerprint density at radius 2 is 2.20 bits per heavy atom. The highest BCUT2D eigenvalue weighted by Crippen LogP contribution is 2.59. The molecule has 0 spiro atoms. The summed E-state index contributed by atoms with van der Waals surface area (Å²) in [6.45, 7) is 10.9. The predicted molar refractivity (Wildman–Crippen MR) is 97.2 cm³/mol. The van der Waals surface area contributed by atoms with Crippen LogP contribution in [0.3, 0.4) is 0 Å².